The van der Waals surface area contributed by atoms with Gasteiger partial charge in [-0.2, -0.15) is 0 Å². The second-order valence-corrected chi connectivity index (χ2v) is 3.95. The second-order valence-electron chi connectivity index (χ2n) is 3.95. The number of carboxylic acids is 1. The summed E-state index contributed by atoms with van der Waals surface area (Å²) in [5.74, 6) is -0.333. The molecule has 1 fully saturated rings. The number of hydrogen-bond acceptors (Lipinski definition) is 4. The molecule has 1 aromatic heterocycles. The van der Waals surface area contributed by atoms with Crippen LogP contribution in [0.3, 0.4) is 0 Å². The third-order valence-corrected chi connectivity index (χ3v) is 2.71. The number of piperidine rings is 1. The van der Waals surface area contributed by atoms with Crippen LogP contribution < -0.4 is 4.90 Å². The second kappa shape index (κ2) is 4.49. The normalized spacial score (nSPS) is 20.8. The standard InChI is InChI=1S/C11H14N2O3/c14-9-2-1-5-13(7-9)10-6-8(11(15)16)3-4-12-10/h3-4,6,9,14H,1-2,5,7H2,(H,15,16)/t9-/m0/s1. The molecule has 2 N–H and O–H groups in total. The lowest BCUT2D eigenvalue weighted by molar-refractivity contribution is 0.0697. The number of carboxylic acid groups (broad SMARTS) is 1. The Labute approximate surface area is 93.3 Å². The summed E-state index contributed by atoms with van der Waals surface area (Å²) in [5, 5.41) is 18.4. The van der Waals surface area contributed by atoms with Gasteiger partial charge in [0.15, 0.2) is 0 Å². The third kappa shape index (κ3) is 2.30. The number of aliphatic hydroxyl groups is 1. The molecule has 0 aromatic carbocycles. The topological polar surface area (TPSA) is 73.7 Å². The number of pyridine rings is 1. The van der Waals surface area contributed by atoms with Gasteiger partial charge in [-0.05, 0) is 25.0 Å². The molecule has 0 spiro atoms. The van der Waals surface area contributed by atoms with E-state index in [4.69, 9.17) is 5.11 Å². The van der Waals surface area contributed by atoms with E-state index in [-0.39, 0.29) is 11.7 Å². The summed E-state index contributed by atoms with van der Waals surface area (Å²) < 4.78 is 0. The molecule has 5 nitrogen and oxygen atoms in total. The number of hydrogen-bond donors (Lipinski definition) is 2. The lowest BCUT2D eigenvalue weighted by Gasteiger charge is -2.31. The largest absolute Gasteiger partial charge is 0.478 e. The maximum absolute atomic E-state index is 10.8. The van der Waals surface area contributed by atoms with Crippen molar-refractivity contribution in [3.8, 4) is 0 Å². The summed E-state index contributed by atoms with van der Waals surface area (Å²) in [6.45, 7) is 1.34. The van der Waals surface area contributed by atoms with E-state index in [1.165, 1.54) is 12.3 Å². The van der Waals surface area contributed by atoms with E-state index < -0.39 is 5.97 Å². The summed E-state index contributed by atoms with van der Waals surface area (Å²) in [4.78, 5) is 16.9. The average Bonchev–Trinajstić information content (AvgIpc) is 2.29. The highest BCUT2D eigenvalue weighted by Gasteiger charge is 2.19. The van der Waals surface area contributed by atoms with Gasteiger partial charge in [-0.25, -0.2) is 9.78 Å². The molecule has 1 saturated heterocycles. The maximum Gasteiger partial charge on any atom is 0.335 e. The van der Waals surface area contributed by atoms with Gasteiger partial charge in [0.05, 0.1) is 11.7 Å². The Hall–Kier alpha value is -1.62. The van der Waals surface area contributed by atoms with Gasteiger partial charge in [-0.3, -0.25) is 0 Å². The fourth-order valence-electron chi connectivity index (χ4n) is 1.89. The minimum atomic E-state index is -0.957. The van der Waals surface area contributed by atoms with Crippen LogP contribution >= 0.6 is 0 Å². The molecule has 1 aromatic rings. The van der Waals surface area contributed by atoms with E-state index in [0.717, 1.165) is 19.4 Å². The van der Waals surface area contributed by atoms with Crippen molar-refractivity contribution in [1.82, 2.24) is 4.98 Å². The molecule has 5 heteroatoms. The van der Waals surface area contributed by atoms with E-state index in [0.29, 0.717) is 12.4 Å². The fourth-order valence-corrected chi connectivity index (χ4v) is 1.89. The van der Waals surface area contributed by atoms with Gasteiger partial charge in [0.1, 0.15) is 5.82 Å². The first-order valence-electron chi connectivity index (χ1n) is 5.29. The quantitative estimate of drug-likeness (QED) is 0.772. The molecule has 86 valence electrons. The summed E-state index contributed by atoms with van der Waals surface area (Å²) in [5.41, 5.74) is 0.227. The van der Waals surface area contributed by atoms with Crippen molar-refractivity contribution < 1.29 is 15.0 Å². The van der Waals surface area contributed by atoms with Gasteiger partial charge in [0.2, 0.25) is 0 Å². The molecule has 0 amide bonds. The zero-order valence-corrected chi connectivity index (χ0v) is 8.83. The minimum Gasteiger partial charge on any atom is -0.478 e. The van der Waals surface area contributed by atoms with Crippen molar-refractivity contribution in [2.24, 2.45) is 0 Å². The molecule has 0 bridgehead atoms. The van der Waals surface area contributed by atoms with Crippen molar-refractivity contribution >= 4 is 11.8 Å². The number of aromatic carboxylic acids is 1. The highest BCUT2D eigenvalue weighted by atomic mass is 16.4. The predicted molar refractivity (Wildman–Crippen MR) is 58.7 cm³/mol. The van der Waals surface area contributed by atoms with Crippen LogP contribution in [0.2, 0.25) is 0 Å². The van der Waals surface area contributed by atoms with Crippen LogP contribution in [0.4, 0.5) is 5.82 Å². The van der Waals surface area contributed by atoms with E-state index in [9.17, 15) is 9.90 Å². The Morgan fingerprint density at radius 2 is 2.38 bits per heavy atom. The summed E-state index contributed by atoms with van der Waals surface area (Å²) >= 11 is 0. The highest BCUT2D eigenvalue weighted by molar-refractivity contribution is 5.88. The van der Waals surface area contributed by atoms with E-state index in [1.54, 1.807) is 6.07 Å². The average molecular weight is 222 g/mol. The molecule has 2 heterocycles. The maximum atomic E-state index is 10.8. The number of nitrogens with zero attached hydrogens (tertiary/aromatic N) is 2. The molecular formula is C11H14N2O3. The number of aromatic nitrogens is 1. The van der Waals surface area contributed by atoms with E-state index in [1.807, 2.05) is 4.90 Å². The Morgan fingerprint density at radius 3 is 3.06 bits per heavy atom. The summed E-state index contributed by atoms with van der Waals surface area (Å²) in [6.07, 6.45) is 2.85. The molecular weight excluding hydrogens is 208 g/mol. The number of rotatable bonds is 2. The van der Waals surface area contributed by atoms with Gasteiger partial charge in [0, 0.05) is 19.3 Å². The Balaban J connectivity index is 2.19. The number of anilines is 1. The van der Waals surface area contributed by atoms with Crippen LogP contribution in [0.15, 0.2) is 18.3 Å². The number of aliphatic hydroxyl groups excluding tert-OH is 1. The van der Waals surface area contributed by atoms with Crippen LogP contribution in [0, 0.1) is 0 Å². The van der Waals surface area contributed by atoms with Gasteiger partial charge in [-0.1, -0.05) is 0 Å². The van der Waals surface area contributed by atoms with Crippen LogP contribution in [-0.2, 0) is 0 Å². The molecule has 1 aliphatic rings. The smallest absolute Gasteiger partial charge is 0.335 e. The first kappa shape index (κ1) is 10.9. The van der Waals surface area contributed by atoms with Crippen LogP contribution in [-0.4, -0.2) is 40.4 Å². The fraction of sp³-hybridized carbons (Fsp3) is 0.455. The van der Waals surface area contributed by atoms with Crippen molar-refractivity contribution in [1.29, 1.82) is 0 Å². The monoisotopic (exact) mass is 222 g/mol. The Morgan fingerprint density at radius 1 is 1.56 bits per heavy atom. The van der Waals surface area contributed by atoms with Crippen molar-refractivity contribution in [2.45, 2.75) is 18.9 Å². The van der Waals surface area contributed by atoms with Gasteiger partial charge < -0.3 is 15.1 Å². The molecule has 0 aliphatic carbocycles. The zero-order valence-electron chi connectivity index (χ0n) is 8.83. The molecule has 0 radical (unpaired) electrons. The molecule has 0 saturated carbocycles. The van der Waals surface area contributed by atoms with E-state index in [2.05, 4.69) is 4.98 Å². The molecule has 0 unspecified atom stereocenters. The summed E-state index contributed by atoms with van der Waals surface area (Å²) in [6, 6.07) is 3.01. The Bertz CT molecular complexity index is 395. The van der Waals surface area contributed by atoms with Crippen LogP contribution in [0.5, 0.6) is 0 Å². The minimum absolute atomic E-state index is 0.227. The van der Waals surface area contributed by atoms with E-state index >= 15 is 0 Å². The van der Waals surface area contributed by atoms with Crippen molar-refractivity contribution in [3.63, 3.8) is 0 Å². The van der Waals surface area contributed by atoms with Crippen LogP contribution in [0.1, 0.15) is 23.2 Å². The van der Waals surface area contributed by atoms with Crippen molar-refractivity contribution in [2.75, 3.05) is 18.0 Å². The molecule has 2 rings (SSSR count). The lowest BCUT2D eigenvalue weighted by Crippen LogP contribution is -2.38. The Kier molecular flexibility index (Phi) is 3.05. The predicted octanol–water partition coefficient (Wildman–Crippen LogP) is 0.741. The zero-order chi connectivity index (χ0) is 11.5. The number of carbonyl (C=O) groups is 1. The highest BCUT2D eigenvalue weighted by Crippen LogP contribution is 2.18. The lowest BCUT2D eigenvalue weighted by atomic mass is 10.1. The molecule has 16 heavy (non-hydrogen) atoms. The van der Waals surface area contributed by atoms with Crippen LogP contribution in [0.25, 0.3) is 0 Å². The third-order valence-electron chi connectivity index (χ3n) is 2.71. The van der Waals surface area contributed by atoms with Crippen molar-refractivity contribution in [3.05, 3.63) is 23.9 Å². The number of β-amino-alcohol motifs (C(OH)–C–C–N with tert-alkyl or cyclic N) is 1. The van der Waals surface area contributed by atoms with Gasteiger partial charge >= 0.3 is 5.97 Å². The molecule has 1 atom stereocenters. The SMILES string of the molecule is O=C(O)c1ccnc(N2CCC[C@H](O)C2)c1. The first-order valence-corrected chi connectivity index (χ1v) is 5.29. The summed E-state index contributed by atoms with van der Waals surface area (Å²) in [7, 11) is 0. The van der Waals surface area contributed by atoms with Gasteiger partial charge in [-0.15, -0.1) is 0 Å². The first-order chi connectivity index (χ1) is 7.66. The van der Waals surface area contributed by atoms with Gasteiger partial charge in [0.25, 0.3) is 0 Å². The molecule has 1 aliphatic heterocycles.